The molecule has 0 amide bonds. The summed E-state index contributed by atoms with van der Waals surface area (Å²) in [7, 11) is 0. The van der Waals surface area contributed by atoms with Gasteiger partial charge in [0.25, 0.3) is 0 Å². The largest absolute Gasteiger partial charge is 0.369 e. The second-order valence-corrected chi connectivity index (χ2v) is 10.5. The standard InChI is InChI=1S/C20H23ClO/c21-13-2-6-1-9(13)17-11-4-10(15(6)17)16-7-3-12(18(11)16)19-8(7)5-14-20(19)22-14/h2,6-12,14-20H,1,3-5H2. The number of hydrogen-bond acceptors (Lipinski definition) is 1. The maximum absolute atomic E-state index is 6.59. The first-order valence-electron chi connectivity index (χ1n) is 9.84. The molecule has 7 aliphatic carbocycles. The molecule has 22 heavy (non-hydrogen) atoms. The Morgan fingerprint density at radius 1 is 0.773 bits per heavy atom. The Kier molecular flexibility index (Phi) is 1.69. The molecular formula is C20H23ClO. The van der Waals surface area contributed by atoms with Gasteiger partial charge in [-0.3, -0.25) is 0 Å². The quantitative estimate of drug-likeness (QED) is 0.487. The zero-order chi connectivity index (χ0) is 13.9. The van der Waals surface area contributed by atoms with E-state index in [1.165, 1.54) is 17.9 Å². The summed E-state index contributed by atoms with van der Waals surface area (Å²) in [6.45, 7) is 0. The molecule has 14 atom stereocenters. The number of allylic oxidation sites excluding steroid dienone is 2. The van der Waals surface area contributed by atoms with E-state index in [0.29, 0.717) is 12.2 Å². The molecule has 8 aliphatic rings. The van der Waals surface area contributed by atoms with Gasteiger partial charge in [-0.15, -0.1) is 0 Å². The lowest BCUT2D eigenvalue weighted by Crippen LogP contribution is -2.44. The van der Waals surface area contributed by atoms with Crippen molar-refractivity contribution in [2.24, 2.45) is 71.0 Å². The molecule has 2 heteroatoms. The number of fused-ring (bicyclic) bond motifs is 21. The van der Waals surface area contributed by atoms with Crippen LogP contribution < -0.4 is 0 Å². The first-order valence-corrected chi connectivity index (χ1v) is 10.2. The molecule has 14 unspecified atom stereocenters. The van der Waals surface area contributed by atoms with Crippen LogP contribution in [0.25, 0.3) is 0 Å². The maximum atomic E-state index is 6.59. The van der Waals surface area contributed by atoms with Crippen LogP contribution in [0.15, 0.2) is 11.1 Å². The van der Waals surface area contributed by atoms with Gasteiger partial charge < -0.3 is 4.74 Å². The number of hydrogen-bond donors (Lipinski definition) is 0. The summed E-state index contributed by atoms with van der Waals surface area (Å²) in [5.74, 6) is 12.2. The van der Waals surface area contributed by atoms with Crippen LogP contribution in [-0.4, -0.2) is 12.2 Å². The van der Waals surface area contributed by atoms with Crippen molar-refractivity contribution in [3.05, 3.63) is 11.1 Å². The lowest BCUT2D eigenvalue weighted by Gasteiger charge is -2.47. The van der Waals surface area contributed by atoms with E-state index < -0.39 is 0 Å². The fourth-order valence-corrected chi connectivity index (χ4v) is 10.7. The summed E-state index contributed by atoms with van der Waals surface area (Å²) in [6, 6.07) is 0. The van der Waals surface area contributed by atoms with Crippen LogP contribution in [-0.2, 0) is 4.74 Å². The predicted molar refractivity (Wildman–Crippen MR) is 82.9 cm³/mol. The van der Waals surface area contributed by atoms with Crippen molar-refractivity contribution in [1.82, 2.24) is 0 Å². The summed E-state index contributed by atoms with van der Waals surface area (Å²) >= 11 is 6.59. The van der Waals surface area contributed by atoms with Gasteiger partial charge in [-0.2, -0.15) is 0 Å². The predicted octanol–water partition coefficient (Wildman–Crippen LogP) is 3.93. The van der Waals surface area contributed by atoms with Crippen molar-refractivity contribution in [3.63, 3.8) is 0 Å². The lowest BCUT2D eigenvalue weighted by molar-refractivity contribution is -0.00931. The topological polar surface area (TPSA) is 12.5 Å². The van der Waals surface area contributed by atoms with Crippen molar-refractivity contribution in [3.8, 4) is 0 Å². The van der Waals surface area contributed by atoms with Crippen molar-refractivity contribution in [1.29, 1.82) is 0 Å². The highest BCUT2D eigenvalue weighted by Gasteiger charge is 2.76. The van der Waals surface area contributed by atoms with Crippen LogP contribution in [0.3, 0.4) is 0 Å². The Hall–Kier alpha value is -0.0100. The lowest BCUT2D eigenvalue weighted by atomic mass is 9.57. The van der Waals surface area contributed by atoms with Crippen molar-refractivity contribution in [2.45, 2.75) is 37.9 Å². The van der Waals surface area contributed by atoms with E-state index in [2.05, 4.69) is 6.08 Å². The Morgan fingerprint density at radius 2 is 1.50 bits per heavy atom. The minimum atomic E-state index is 0.698. The molecule has 1 aliphatic heterocycles. The molecular weight excluding hydrogens is 292 g/mol. The molecule has 0 N–H and O–H groups in total. The highest BCUT2D eigenvalue weighted by Crippen LogP contribution is 2.80. The molecule has 6 saturated carbocycles. The van der Waals surface area contributed by atoms with Gasteiger partial charge in [0.15, 0.2) is 0 Å². The molecule has 116 valence electrons. The van der Waals surface area contributed by atoms with Gasteiger partial charge in [-0.05, 0) is 96.7 Å². The monoisotopic (exact) mass is 314 g/mol. The van der Waals surface area contributed by atoms with Gasteiger partial charge in [0, 0.05) is 5.03 Å². The van der Waals surface area contributed by atoms with E-state index in [1.807, 2.05) is 0 Å². The SMILES string of the molecule is ClC1=CC2CC1C1C3CC(C21)C1C2CC(C4C2CC2OC24)C31. The van der Waals surface area contributed by atoms with E-state index in [-0.39, 0.29) is 0 Å². The highest BCUT2D eigenvalue weighted by molar-refractivity contribution is 6.30. The summed E-state index contributed by atoms with van der Waals surface area (Å²) in [5, 5.41) is 1.25. The highest BCUT2D eigenvalue weighted by atomic mass is 35.5. The second-order valence-electron chi connectivity index (χ2n) is 10.1. The van der Waals surface area contributed by atoms with Gasteiger partial charge in [0.1, 0.15) is 0 Å². The average molecular weight is 315 g/mol. The van der Waals surface area contributed by atoms with Crippen LogP contribution in [0.4, 0.5) is 0 Å². The molecule has 1 heterocycles. The Balaban J connectivity index is 1.25. The van der Waals surface area contributed by atoms with Crippen LogP contribution >= 0.6 is 11.6 Å². The molecule has 0 aromatic carbocycles. The Labute approximate surface area is 136 Å². The van der Waals surface area contributed by atoms with Crippen LogP contribution in [0, 0.1) is 71.0 Å². The molecule has 6 bridgehead atoms. The molecule has 0 spiro atoms. The molecule has 1 nitrogen and oxygen atoms in total. The van der Waals surface area contributed by atoms with Gasteiger partial charge in [0.05, 0.1) is 12.2 Å². The van der Waals surface area contributed by atoms with Gasteiger partial charge in [-0.25, -0.2) is 0 Å². The summed E-state index contributed by atoms with van der Waals surface area (Å²) in [4.78, 5) is 0. The molecule has 0 aromatic heterocycles. The maximum Gasteiger partial charge on any atom is 0.0875 e. The minimum absolute atomic E-state index is 0.698. The summed E-state index contributed by atoms with van der Waals surface area (Å²) in [6.07, 6.45) is 9.89. The molecule has 0 radical (unpaired) electrons. The van der Waals surface area contributed by atoms with E-state index in [1.54, 1.807) is 12.8 Å². The van der Waals surface area contributed by atoms with Gasteiger partial charge in [0.2, 0.25) is 0 Å². The van der Waals surface area contributed by atoms with Crippen molar-refractivity contribution in [2.75, 3.05) is 0 Å². The van der Waals surface area contributed by atoms with Crippen LogP contribution in [0.1, 0.15) is 25.7 Å². The molecule has 8 rings (SSSR count). The Morgan fingerprint density at radius 3 is 2.45 bits per heavy atom. The first-order chi connectivity index (χ1) is 10.8. The minimum Gasteiger partial charge on any atom is -0.369 e. The summed E-state index contributed by atoms with van der Waals surface area (Å²) < 4.78 is 5.97. The average Bonchev–Trinajstić information content (AvgIpc) is 3.13. The third kappa shape index (κ3) is 0.975. The van der Waals surface area contributed by atoms with E-state index in [4.69, 9.17) is 16.3 Å². The van der Waals surface area contributed by atoms with E-state index in [9.17, 15) is 0 Å². The van der Waals surface area contributed by atoms with E-state index in [0.717, 1.165) is 71.0 Å². The number of halogens is 1. The van der Waals surface area contributed by atoms with Crippen LogP contribution in [0.2, 0.25) is 0 Å². The van der Waals surface area contributed by atoms with Gasteiger partial charge in [-0.1, -0.05) is 17.7 Å². The molecule has 0 aromatic rings. The fraction of sp³-hybridized carbons (Fsp3) is 0.900. The third-order valence-electron chi connectivity index (χ3n) is 10.2. The van der Waals surface area contributed by atoms with Crippen molar-refractivity contribution >= 4 is 11.6 Å². The smallest absolute Gasteiger partial charge is 0.0875 e. The third-order valence-corrected chi connectivity index (χ3v) is 10.6. The normalized spacial score (nSPS) is 76.7. The zero-order valence-electron chi connectivity index (χ0n) is 12.8. The number of ether oxygens (including phenoxy) is 1. The zero-order valence-corrected chi connectivity index (χ0v) is 13.5. The fourth-order valence-electron chi connectivity index (χ4n) is 10.3. The second kappa shape index (κ2) is 3.23. The Bertz CT molecular complexity index is 642. The first kappa shape index (κ1) is 11.5. The van der Waals surface area contributed by atoms with Crippen LogP contribution in [0.5, 0.6) is 0 Å². The number of epoxide rings is 1. The molecule has 1 saturated heterocycles. The van der Waals surface area contributed by atoms with E-state index >= 15 is 0 Å². The summed E-state index contributed by atoms with van der Waals surface area (Å²) in [5.41, 5.74) is 0. The number of rotatable bonds is 0. The van der Waals surface area contributed by atoms with Gasteiger partial charge >= 0.3 is 0 Å². The molecule has 7 fully saturated rings. The van der Waals surface area contributed by atoms with Crippen molar-refractivity contribution < 1.29 is 4.74 Å².